The van der Waals surface area contributed by atoms with E-state index in [-0.39, 0.29) is 0 Å². The van der Waals surface area contributed by atoms with Crippen LogP contribution >= 0.6 is 0 Å². The zero-order valence-corrected chi connectivity index (χ0v) is 9.28. The fourth-order valence-electron chi connectivity index (χ4n) is 2.40. The lowest BCUT2D eigenvalue weighted by atomic mass is 9.90. The summed E-state index contributed by atoms with van der Waals surface area (Å²) in [4.78, 5) is 0. The Morgan fingerprint density at radius 1 is 1.64 bits per heavy atom. The smallest absolute Gasteiger partial charge is 0.0932 e. The molecule has 1 aliphatic carbocycles. The van der Waals surface area contributed by atoms with Gasteiger partial charge in [0.15, 0.2) is 0 Å². The van der Waals surface area contributed by atoms with Crippen molar-refractivity contribution in [2.45, 2.75) is 32.8 Å². The lowest BCUT2D eigenvalue weighted by Crippen LogP contribution is -2.25. The van der Waals surface area contributed by atoms with Gasteiger partial charge in [0.25, 0.3) is 0 Å². The zero-order chi connectivity index (χ0) is 10.5. The number of hydrogen-bond donors (Lipinski definition) is 1. The molecule has 1 aromatic heterocycles. The molecule has 3 heteroatoms. The molecule has 0 radical (unpaired) electrons. The van der Waals surface area contributed by atoms with Crippen LogP contribution in [0, 0.1) is 18.8 Å². The van der Waals surface area contributed by atoms with Crippen LogP contribution in [-0.2, 0) is 12.6 Å². The minimum absolute atomic E-state index is 0.408. The Kier molecular flexibility index (Phi) is 1.96. The zero-order valence-electron chi connectivity index (χ0n) is 9.28. The van der Waals surface area contributed by atoms with Crippen LogP contribution in [0.5, 0.6) is 0 Å². The van der Waals surface area contributed by atoms with Crippen molar-refractivity contribution in [1.29, 1.82) is 0 Å². The summed E-state index contributed by atoms with van der Waals surface area (Å²) >= 11 is 0. The Labute approximate surface area is 84.7 Å². The van der Waals surface area contributed by atoms with Crippen LogP contribution < -0.4 is 0 Å². The van der Waals surface area contributed by atoms with Crippen LogP contribution in [0.1, 0.15) is 31.5 Å². The summed E-state index contributed by atoms with van der Waals surface area (Å²) in [7, 11) is 1.89. The Bertz CT molecular complexity index is 354. The van der Waals surface area contributed by atoms with Gasteiger partial charge in [0.2, 0.25) is 0 Å². The van der Waals surface area contributed by atoms with E-state index in [1.807, 2.05) is 27.1 Å². The van der Waals surface area contributed by atoms with E-state index >= 15 is 0 Å². The molecule has 3 atom stereocenters. The summed E-state index contributed by atoms with van der Waals surface area (Å²) in [5, 5.41) is 14.7. The summed E-state index contributed by atoms with van der Waals surface area (Å²) < 4.78 is 1.77. The molecule has 1 heterocycles. The van der Waals surface area contributed by atoms with Crippen molar-refractivity contribution in [1.82, 2.24) is 9.78 Å². The molecule has 3 nitrogen and oxygen atoms in total. The van der Waals surface area contributed by atoms with Gasteiger partial charge in [-0.1, -0.05) is 6.92 Å². The van der Waals surface area contributed by atoms with Crippen LogP contribution in [-0.4, -0.2) is 14.9 Å². The second kappa shape index (κ2) is 2.83. The molecule has 0 bridgehead atoms. The average Bonchev–Trinajstić information content (AvgIpc) is 2.69. The molecule has 78 valence electrons. The third-order valence-electron chi connectivity index (χ3n) is 3.39. The molecule has 1 aromatic rings. The van der Waals surface area contributed by atoms with Crippen LogP contribution in [0.4, 0.5) is 0 Å². The van der Waals surface area contributed by atoms with E-state index in [0.29, 0.717) is 11.8 Å². The molecule has 0 aromatic carbocycles. The summed E-state index contributed by atoms with van der Waals surface area (Å²) in [6.07, 6.45) is 3.06. The fourth-order valence-corrected chi connectivity index (χ4v) is 2.40. The third kappa shape index (κ3) is 1.36. The molecule has 14 heavy (non-hydrogen) atoms. The molecule has 3 unspecified atom stereocenters. The van der Waals surface area contributed by atoms with Gasteiger partial charge >= 0.3 is 0 Å². The van der Waals surface area contributed by atoms with Crippen molar-refractivity contribution < 1.29 is 5.11 Å². The third-order valence-corrected chi connectivity index (χ3v) is 3.39. The first-order valence-corrected chi connectivity index (χ1v) is 5.16. The molecule has 0 spiro atoms. The highest BCUT2D eigenvalue weighted by Crippen LogP contribution is 2.50. The van der Waals surface area contributed by atoms with Gasteiger partial charge in [0.1, 0.15) is 0 Å². The number of nitrogens with zero attached hydrogens (tertiary/aromatic N) is 2. The van der Waals surface area contributed by atoms with E-state index in [2.05, 4.69) is 12.0 Å². The fraction of sp³-hybridized carbons (Fsp3) is 0.727. The molecule has 0 saturated heterocycles. The first-order chi connectivity index (χ1) is 6.43. The van der Waals surface area contributed by atoms with E-state index in [1.54, 1.807) is 4.68 Å². The minimum atomic E-state index is -0.697. The molecule has 2 rings (SSSR count). The Morgan fingerprint density at radius 3 is 2.57 bits per heavy atom. The highest BCUT2D eigenvalue weighted by molar-refractivity contribution is 5.26. The van der Waals surface area contributed by atoms with Crippen molar-refractivity contribution in [3.05, 3.63) is 17.5 Å². The van der Waals surface area contributed by atoms with Gasteiger partial charge in [0, 0.05) is 18.8 Å². The lowest BCUT2D eigenvalue weighted by molar-refractivity contribution is 0.0276. The molecular weight excluding hydrogens is 176 g/mol. The van der Waals surface area contributed by atoms with E-state index < -0.39 is 5.60 Å². The van der Waals surface area contributed by atoms with Gasteiger partial charge in [-0.3, -0.25) is 4.68 Å². The van der Waals surface area contributed by atoms with Crippen LogP contribution in [0.25, 0.3) is 0 Å². The molecule has 1 aliphatic rings. The molecule has 1 fully saturated rings. The Balaban J connectivity index is 2.33. The Morgan fingerprint density at radius 2 is 2.21 bits per heavy atom. The van der Waals surface area contributed by atoms with Gasteiger partial charge in [-0.05, 0) is 32.1 Å². The van der Waals surface area contributed by atoms with Crippen LogP contribution in [0.2, 0.25) is 0 Å². The summed E-state index contributed by atoms with van der Waals surface area (Å²) in [5.74, 6) is 1.05. The number of aliphatic hydroxyl groups is 1. The number of rotatable bonds is 2. The second-order valence-corrected chi connectivity index (χ2v) is 4.77. The first kappa shape index (κ1) is 9.71. The monoisotopic (exact) mass is 194 g/mol. The highest BCUT2D eigenvalue weighted by Gasteiger charge is 2.48. The number of hydrogen-bond acceptors (Lipinski definition) is 2. The van der Waals surface area contributed by atoms with Crippen molar-refractivity contribution in [3.8, 4) is 0 Å². The van der Waals surface area contributed by atoms with Gasteiger partial charge < -0.3 is 5.11 Å². The molecular formula is C11H18N2O. The summed E-state index contributed by atoms with van der Waals surface area (Å²) in [5.41, 5.74) is 1.23. The maximum atomic E-state index is 10.4. The van der Waals surface area contributed by atoms with Crippen LogP contribution in [0.15, 0.2) is 6.20 Å². The molecule has 1 saturated carbocycles. The van der Waals surface area contributed by atoms with Crippen LogP contribution in [0.3, 0.4) is 0 Å². The quantitative estimate of drug-likeness (QED) is 0.776. The van der Waals surface area contributed by atoms with Crippen molar-refractivity contribution in [3.63, 3.8) is 0 Å². The lowest BCUT2D eigenvalue weighted by Gasteiger charge is -2.22. The van der Waals surface area contributed by atoms with Gasteiger partial charge in [-0.15, -0.1) is 0 Å². The van der Waals surface area contributed by atoms with Gasteiger partial charge in [-0.25, -0.2) is 0 Å². The highest BCUT2D eigenvalue weighted by atomic mass is 16.3. The van der Waals surface area contributed by atoms with E-state index in [9.17, 15) is 5.11 Å². The first-order valence-electron chi connectivity index (χ1n) is 5.16. The molecule has 0 aliphatic heterocycles. The minimum Gasteiger partial charge on any atom is -0.385 e. The van der Waals surface area contributed by atoms with E-state index in [0.717, 1.165) is 17.7 Å². The Hall–Kier alpha value is -0.830. The van der Waals surface area contributed by atoms with E-state index in [4.69, 9.17) is 0 Å². The van der Waals surface area contributed by atoms with Gasteiger partial charge in [0.05, 0.1) is 11.3 Å². The van der Waals surface area contributed by atoms with Crippen molar-refractivity contribution in [2.24, 2.45) is 18.9 Å². The molecule has 1 N–H and O–H groups in total. The number of aromatic nitrogens is 2. The summed E-state index contributed by atoms with van der Waals surface area (Å²) in [6, 6.07) is 0. The average molecular weight is 194 g/mol. The maximum absolute atomic E-state index is 10.4. The molecule has 0 amide bonds. The number of aryl methyl sites for hydroxylation is 2. The largest absolute Gasteiger partial charge is 0.385 e. The van der Waals surface area contributed by atoms with Crippen molar-refractivity contribution in [2.75, 3.05) is 0 Å². The second-order valence-electron chi connectivity index (χ2n) is 4.77. The summed E-state index contributed by atoms with van der Waals surface area (Å²) in [6.45, 7) is 6.05. The SMILES string of the molecule is Cc1nn(C)cc1C(C)(O)C1CC1C. The predicted octanol–water partition coefficient (Wildman–Crippen LogP) is 1.59. The standard InChI is InChI=1S/C11H18N2O/c1-7-5-9(7)11(3,14)10-6-13(4)12-8(10)2/h6-7,9,14H,5H2,1-4H3. The maximum Gasteiger partial charge on any atom is 0.0932 e. The van der Waals surface area contributed by atoms with E-state index in [1.165, 1.54) is 0 Å². The van der Waals surface area contributed by atoms with Crippen molar-refractivity contribution >= 4 is 0 Å². The normalized spacial score (nSPS) is 30.1. The topological polar surface area (TPSA) is 38.0 Å². The predicted molar refractivity (Wildman–Crippen MR) is 54.8 cm³/mol. The van der Waals surface area contributed by atoms with Gasteiger partial charge in [-0.2, -0.15) is 5.10 Å².